The lowest BCUT2D eigenvalue weighted by atomic mass is 10.2. The largest absolute Gasteiger partial charge is 0.492 e. The zero-order valence-electron chi connectivity index (χ0n) is 18.2. The molecule has 0 saturated heterocycles. The van der Waals surface area contributed by atoms with Crippen LogP contribution in [0.1, 0.15) is 10.4 Å². The predicted octanol–water partition coefficient (Wildman–Crippen LogP) is 1.70. The maximum absolute atomic E-state index is 12.3. The third-order valence-electron chi connectivity index (χ3n) is 4.37. The fourth-order valence-electron chi connectivity index (χ4n) is 2.68. The number of benzene rings is 2. The summed E-state index contributed by atoms with van der Waals surface area (Å²) in [5, 5.41) is 2.71. The van der Waals surface area contributed by atoms with Crippen LogP contribution in [0.2, 0.25) is 0 Å². The number of rotatable bonds is 11. The molecule has 1 amide bonds. The highest BCUT2D eigenvalue weighted by molar-refractivity contribution is 7.92. The molecule has 0 unspecified atom stereocenters. The average Bonchev–Trinajstić information content (AvgIpc) is 2.74. The minimum absolute atomic E-state index is 0.129. The first-order chi connectivity index (χ1) is 15.0. The molecule has 0 atom stereocenters. The van der Waals surface area contributed by atoms with Crippen LogP contribution in [0.3, 0.4) is 0 Å². The first-order valence-electron chi connectivity index (χ1n) is 9.59. The number of carbonyl (C=O) groups is 1. The Kier molecular flexibility index (Phi) is 8.42. The van der Waals surface area contributed by atoms with Crippen LogP contribution in [0.4, 0.5) is 5.69 Å². The van der Waals surface area contributed by atoms with E-state index in [0.29, 0.717) is 17.0 Å². The zero-order valence-corrected chi connectivity index (χ0v) is 19.8. The van der Waals surface area contributed by atoms with Gasteiger partial charge in [-0.15, -0.1) is 6.58 Å². The topological polar surface area (TPSA) is 113 Å². The van der Waals surface area contributed by atoms with E-state index in [4.69, 9.17) is 4.74 Å². The maximum Gasteiger partial charge on any atom is 0.251 e. The molecule has 9 nitrogen and oxygen atoms in total. The molecule has 0 heterocycles. The molecule has 0 aromatic heterocycles. The molecule has 11 heteroatoms. The van der Waals surface area contributed by atoms with Gasteiger partial charge in [0, 0.05) is 19.7 Å². The Morgan fingerprint density at radius 1 is 1.03 bits per heavy atom. The van der Waals surface area contributed by atoms with Crippen LogP contribution < -0.4 is 14.4 Å². The molecule has 0 aliphatic rings. The lowest BCUT2D eigenvalue weighted by molar-refractivity contribution is 0.0947. The van der Waals surface area contributed by atoms with Gasteiger partial charge in [0.15, 0.2) is 0 Å². The van der Waals surface area contributed by atoms with Gasteiger partial charge in [0.25, 0.3) is 5.91 Å². The Hall–Kier alpha value is -2.89. The molecule has 0 radical (unpaired) electrons. The van der Waals surface area contributed by atoms with Crippen molar-refractivity contribution in [3.63, 3.8) is 0 Å². The highest BCUT2D eigenvalue weighted by Gasteiger charge is 2.17. The lowest BCUT2D eigenvalue weighted by Crippen LogP contribution is -2.30. The van der Waals surface area contributed by atoms with E-state index < -0.39 is 20.0 Å². The van der Waals surface area contributed by atoms with E-state index in [9.17, 15) is 21.6 Å². The second kappa shape index (κ2) is 10.6. The smallest absolute Gasteiger partial charge is 0.251 e. The summed E-state index contributed by atoms with van der Waals surface area (Å²) in [7, 11) is -4.05. The van der Waals surface area contributed by atoms with Crippen molar-refractivity contribution in [2.24, 2.45) is 0 Å². The van der Waals surface area contributed by atoms with Crippen molar-refractivity contribution in [1.82, 2.24) is 9.62 Å². The van der Waals surface area contributed by atoms with Gasteiger partial charge < -0.3 is 10.1 Å². The molecule has 0 aliphatic carbocycles. The molecule has 2 rings (SSSR count). The number of anilines is 1. The zero-order chi connectivity index (χ0) is 23.9. The molecule has 2 aromatic carbocycles. The highest BCUT2D eigenvalue weighted by atomic mass is 32.2. The number of carbonyl (C=O) groups excluding carboxylic acids is 1. The second-order valence-electron chi connectivity index (χ2n) is 6.99. The summed E-state index contributed by atoms with van der Waals surface area (Å²) in [4.78, 5) is 12.5. The first kappa shape index (κ1) is 25.4. The molecule has 174 valence electrons. The van der Waals surface area contributed by atoms with Crippen LogP contribution in [0.15, 0.2) is 66.1 Å². The first-order valence-corrected chi connectivity index (χ1v) is 12.9. The summed E-state index contributed by atoms with van der Waals surface area (Å²) in [5.74, 6) is 0.145. The number of nitrogens with zero attached hydrogens (tertiary/aromatic N) is 2. The standard InChI is InChI=1S/C21H27N3O6S2/c1-5-15-24(31(4,26)27)18-8-6-17(7-9-18)21(25)22-14-16-30-19-10-12-20(13-11-19)32(28,29)23(2)3/h5-13H,1,14-16H2,2-4H3,(H,22,25). The van der Waals surface area contributed by atoms with Crippen molar-refractivity contribution in [2.45, 2.75) is 4.90 Å². The highest BCUT2D eigenvalue weighted by Crippen LogP contribution is 2.19. The van der Waals surface area contributed by atoms with Crippen molar-refractivity contribution < 1.29 is 26.4 Å². The molecular formula is C21H27N3O6S2. The van der Waals surface area contributed by atoms with Crippen LogP contribution >= 0.6 is 0 Å². The fourth-order valence-corrected chi connectivity index (χ4v) is 4.47. The third kappa shape index (κ3) is 6.55. The van der Waals surface area contributed by atoms with E-state index in [1.807, 2.05) is 0 Å². The van der Waals surface area contributed by atoms with Crippen molar-refractivity contribution in [3.05, 3.63) is 66.7 Å². The Labute approximate surface area is 189 Å². The van der Waals surface area contributed by atoms with Gasteiger partial charge in [-0.25, -0.2) is 21.1 Å². The quantitative estimate of drug-likeness (QED) is 0.386. The summed E-state index contributed by atoms with van der Waals surface area (Å²) < 4.78 is 55.7. The number of hydrogen-bond donors (Lipinski definition) is 1. The normalized spacial score (nSPS) is 11.8. The van der Waals surface area contributed by atoms with E-state index in [0.717, 1.165) is 10.6 Å². The van der Waals surface area contributed by atoms with E-state index in [-0.39, 0.29) is 30.5 Å². The number of ether oxygens (including phenoxy) is 1. The molecule has 1 N–H and O–H groups in total. The van der Waals surface area contributed by atoms with Gasteiger partial charge >= 0.3 is 0 Å². The SMILES string of the molecule is C=CCN(c1ccc(C(=O)NCCOc2ccc(S(=O)(=O)N(C)C)cc2)cc1)S(C)(=O)=O. The van der Waals surface area contributed by atoms with Crippen molar-refractivity contribution in [2.75, 3.05) is 44.4 Å². The van der Waals surface area contributed by atoms with Gasteiger partial charge in [-0.2, -0.15) is 0 Å². The minimum atomic E-state index is -3.50. The fraction of sp³-hybridized carbons (Fsp3) is 0.286. The Morgan fingerprint density at radius 3 is 2.12 bits per heavy atom. The number of nitrogens with one attached hydrogen (secondary N) is 1. The van der Waals surface area contributed by atoms with Crippen LogP contribution in [-0.2, 0) is 20.0 Å². The van der Waals surface area contributed by atoms with Crippen LogP contribution in [0, 0.1) is 0 Å². The average molecular weight is 482 g/mol. The van der Waals surface area contributed by atoms with Crippen molar-refractivity contribution in [1.29, 1.82) is 0 Å². The number of sulfonamides is 2. The summed E-state index contributed by atoms with van der Waals surface area (Å²) in [6.45, 7) is 4.10. The summed E-state index contributed by atoms with van der Waals surface area (Å²) >= 11 is 0. The second-order valence-corrected chi connectivity index (χ2v) is 11.1. The van der Waals surface area contributed by atoms with E-state index in [2.05, 4.69) is 11.9 Å². The van der Waals surface area contributed by atoms with Gasteiger partial charge in [0.2, 0.25) is 20.0 Å². The summed E-state index contributed by atoms with van der Waals surface area (Å²) in [5.41, 5.74) is 0.811. The lowest BCUT2D eigenvalue weighted by Gasteiger charge is -2.20. The number of amides is 1. The molecule has 32 heavy (non-hydrogen) atoms. The summed E-state index contributed by atoms with van der Waals surface area (Å²) in [6.07, 6.45) is 2.59. The van der Waals surface area contributed by atoms with Gasteiger partial charge in [0.1, 0.15) is 12.4 Å². The predicted molar refractivity (Wildman–Crippen MR) is 124 cm³/mol. The molecule has 0 fully saturated rings. The molecule has 0 aliphatic heterocycles. The molecular weight excluding hydrogens is 454 g/mol. The van der Waals surface area contributed by atoms with Gasteiger partial charge in [-0.1, -0.05) is 6.08 Å². The molecule has 0 saturated carbocycles. The summed E-state index contributed by atoms with van der Waals surface area (Å²) in [6, 6.07) is 12.2. The van der Waals surface area contributed by atoms with Crippen LogP contribution in [0.5, 0.6) is 5.75 Å². The van der Waals surface area contributed by atoms with Crippen LogP contribution in [0.25, 0.3) is 0 Å². The van der Waals surface area contributed by atoms with E-state index in [1.165, 1.54) is 48.7 Å². The Morgan fingerprint density at radius 2 is 1.62 bits per heavy atom. The molecule has 0 spiro atoms. The van der Waals surface area contributed by atoms with Gasteiger partial charge in [-0.3, -0.25) is 9.10 Å². The maximum atomic E-state index is 12.3. The minimum Gasteiger partial charge on any atom is -0.492 e. The Balaban J connectivity index is 1.89. The van der Waals surface area contributed by atoms with Crippen LogP contribution in [-0.4, -0.2) is 67.1 Å². The van der Waals surface area contributed by atoms with Gasteiger partial charge in [-0.05, 0) is 48.5 Å². The monoisotopic (exact) mass is 481 g/mol. The molecule has 2 aromatic rings. The van der Waals surface area contributed by atoms with Crippen molar-refractivity contribution >= 4 is 31.6 Å². The van der Waals surface area contributed by atoms with Gasteiger partial charge in [0.05, 0.1) is 29.9 Å². The Bertz CT molecular complexity index is 1140. The number of hydrogen-bond acceptors (Lipinski definition) is 6. The van der Waals surface area contributed by atoms with E-state index >= 15 is 0 Å². The third-order valence-corrected chi connectivity index (χ3v) is 7.36. The van der Waals surface area contributed by atoms with E-state index in [1.54, 1.807) is 24.3 Å². The molecule has 0 bridgehead atoms. The van der Waals surface area contributed by atoms with Crippen molar-refractivity contribution in [3.8, 4) is 5.75 Å².